The van der Waals surface area contributed by atoms with Gasteiger partial charge in [0.05, 0.1) is 24.3 Å². The van der Waals surface area contributed by atoms with Gasteiger partial charge in [0.2, 0.25) is 11.8 Å². The molecule has 14 nitrogen and oxygen atoms in total. The van der Waals surface area contributed by atoms with Gasteiger partial charge in [-0.3, -0.25) is 13.8 Å². The van der Waals surface area contributed by atoms with Crippen LogP contribution in [0.3, 0.4) is 0 Å². The van der Waals surface area contributed by atoms with Crippen molar-refractivity contribution in [2.75, 3.05) is 0 Å². The predicted molar refractivity (Wildman–Crippen MR) is 246 cm³/mol. The van der Waals surface area contributed by atoms with E-state index in [2.05, 4.69) is 46.4 Å². The van der Waals surface area contributed by atoms with Crippen LogP contribution >= 0.6 is 0 Å². The number of ether oxygens (including phenoxy) is 2. The van der Waals surface area contributed by atoms with Gasteiger partial charge in [0, 0.05) is 17.4 Å². The lowest BCUT2D eigenvalue weighted by Crippen LogP contribution is -2.35. The topological polar surface area (TPSA) is 186 Å². The Morgan fingerprint density at radius 1 is 0.688 bits per heavy atom. The van der Waals surface area contributed by atoms with Crippen molar-refractivity contribution in [2.24, 2.45) is 11.8 Å². The Hall–Kier alpha value is -3.69. The summed E-state index contributed by atoms with van der Waals surface area (Å²) in [6, 6.07) is 6.40. The molecule has 15 heteroatoms. The van der Waals surface area contributed by atoms with Crippen molar-refractivity contribution >= 4 is 22.1 Å². The highest BCUT2D eigenvalue weighted by Gasteiger charge is 2.29. The summed E-state index contributed by atoms with van der Waals surface area (Å²) >= 11 is 0. The van der Waals surface area contributed by atoms with Crippen LogP contribution < -0.4 is 5.32 Å². The second kappa shape index (κ2) is 24.7. The van der Waals surface area contributed by atoms with Crippen molar-refractivity contribution in [3.63, 3.8) is 0 Å². The second-order valence-corrected chi connectivity index (χ2v) is 22.7. The number of rotatable bonds is 20. The fourth-order valence-corrected chi connectivity index (χ4v) is 9.16. The molecule has 2 aliphatic carbocycles. The molecule has 0 radical (unpaired) electrons. The third kappa shape index (κ3) is 20.6. The zero-order valence-electron chi connectivity index (χ0n) is 40.6. The first-order valence-corrected chi connectivity index (χ1v) is 25.2. The van der Waals surface area contributed by atoms with Crippen molar-refractivity contribution in [1.82, 2.24) is 25.6 Å². The van der Waals surface area contributed by atoms with Gasteiger partial charge in [-0.1, -0.05) is 118 Å². The quantitative estimate of drug-likeness (QED) is 0.0833. The molecular formula is C49H79N5O9S. The zero-order valence-corrected chi connectivity index (χ0v) is 41.4. The minimum Gasteiger partial charge on any atom is -0.460 e. The van der Waals surface area contributed by atoms with Crippen LogP contribution in [-0.2, 0) is 46.5 Å². The van der Waals surface area contributed by atoms with E-state index in [0.717, 1.165) is 49.5 Å². The van der Waals surface area contributed by atoms with Crippen LogP contribution in [0.4, 0.5) is 0 Å². The number of aryl methyl sites for hydroxylation is 1. The molecule has 2 aliphatic rings. The van der Waals surface area contributed by atoms with E-state index in [1.54, 1.807) is 12.1 Å². The summed E-state index contributed by atoms with van der Waals surface area (Å²) in [6.45, 7) is 19.6. The first kappa shape index (κ1) is 52.9. The van der Waals surface area contributed by atoms with Gasteiger partial charge in [-0.2, -0.15) is 18.4 Å². The molecule has 0 saturated heterocycles. The van der Waals surface area contributed by atoms with Gasteiger partial charge in [0.15, 0.2) is 11.6 Å². The van der Waals surface area contributed by atoms with Crippen LogP contribution in [0.25, 0.3) is 0 Å². The molecule has 64 heavy (non-hydrogen) atoms. The third-order valence-corrected chi connectivity index (χ3v) is 12.8. The minimum absolute atomic E-state index is 0.0172. The second-order valence-electron chi connectivity index (χ2n) is 21.1. The summed E-state index contributed by atoms with van der Waals surface area (Å²) in [5, 5.41) is 11.4. The fraction of sp³-hybridized carbons (Fsp3) is 0.755. The van der Waals surface area contributed by atoms with Gasteiger partial charge in [-0.25, -0.2) is 0 Å². The number of carbonyl (C=O) groups is 2. The maximum Gasteiger partial charge on any atom is 0.307 e. The molecule has 360 valence electrons. The first-order chi connectivity index (χ1) is 30.0. The summed E-state index contributed by atoms with van der Waals surface area (Å²) in [5.41, 5.74) is -0.134. The van der Waals surface area contributed by atoms with E-state index in [-0.39, 0.29) is 59.5 Å². The largest absolute Gasteiger partial charge is 0.460 e. The number of aromatic nitrogens is 4. The highest BCUT2D eigenvalue weighted by molar-refractivity contribution is 7.86. The molecule has 2 aromatic heterocycles. The maximum atomic E-state index is 12.5. The van der Waals surface area contributed by atoms with Crippen LogP contribution in [0.5, 0.6) is 0 Å². The molecule has 2 heterocycles. The lowest BCUT2D eigenvalue weighted by atomic mass is 9.84. The molecule has 1 aromatic carbocycles. The molecule has 0 unspecified atom stereocenters. The Labute approximate surface area is 383 Å². The van der Waals surface area contributed by atoms with Gasteiger partial charge in [-0.15, -0.1) is 0 Å². The number of nitrogens with one attached hydrogen (secondary N) is 1. The van der Waals surface area contributed by atoms with E-state index in [9.17, 15) is 18.0 Å². The van der Waals surface area contributed by atoms with E-state index < -0.39 is 21.3 Å². The highest BCUT2D eigenvalue weighted by Crippen LogP contribution is 2.33. The van der Waals surface area contributed by atoms with E-state index in [1.807, 2.05) is 48.5 Å². The van der Waals surface area contributed by atoms with E-state index in [0.29, 0.717) is 24.2 Å². The Bertz CT molecular complexity index is 1950. The molecular weight excluding hydrogens is 835 g/mol. The average Bonchev–Trinajstić information content (AvgIpc) is 3.89. The molecule has 5 rings (SSSR count). The summed E-state index contributed by atoms with van der Waals surface area (Å²) in [5.74, 6) is 2.31. The van der Waals surface area contributed by atoms with E-state index >= 15 is 0 Å². The zero-order chi connectivity index (χ0) is 47.0. The SMILES string of the molecule is CC(C)(C)NCc1noc([C@H](CCCC2CCCCC2)CC(=O)OC(C)(C)C)n1.Cc1ccc(S(=O)(=O)OCc2noc([C@H](CCCC3CCCCC3)CC(=O)OC(C)(C)C)n2)cc1. The number of esters is 2. The van der Waals surface area contributed by atoms with Crippen LogP contribution in [0.15, 0.2) is 38.2 Å². The van der Waals surface area contributed by atoms with Gasteiger partial charge in [0.25, 0.3) is 10.1 Å². The summed E-state index contributed by atoms with van der Waals surface area (Å²) in [7, 11) is -3.95. The summed E-state index contributed by atoms with van der Waals surface area (Å²) in [4.78, 5) is 34.0. The Kier molecular flexibility index (Phi) is 20.4. The molecule has 0 spiro atoms. The third-order valence-electron chi connectivity index (χ3n) is 11.5. The minimum atomic E-state index is -3.95. The number of hydrogen-bond acceptors (Lipinski definition) is 14. The van der Waals surface area contributed by atoms with Crippen LogP contribution in [0.2, 0.25) is 0 Å². The van der Waals surface area contributed by atoms with Gasteiger partial charge in [0.1, 0.15) is 17.8 Å². The predicted octanol–water partition coefficient (Wildman–Crippen LogP) is 11.4. The normalized spacial score (nSPS) is 16.7. The van der Waals surface area contributed by atoms with Crippen molar-refractivity contribution in [3.8, 4) is 0 Å². The molecule has 2 fully saturated rings. The van der Waals surface area contributed by atoms with Crippen molar-refractivity contribution in [3.05, 3.63) is 53.3 Å². The molecule has 0 bridgehead atoms. The standard InChI is InChI=1S/C26H38N2O6S.C23H41N3O3/c1-19-13-15-22(16-14-19)35(30,31)32-18-23-27-25(34-28-23)21(17-24(29)33-26(2,3)4)12-8-11-20-9-6-5-7-10-20;1-22(2,3)24-16-19-25-21(29-26-19)18(15-20(27)28-23(4,5)6)14-10-13-17-11-8-7-9-12-17/h13-16,20-21H,5-12,17-18H2,1-4H3;17-18,24H,7-16H2,1-6H3/t21-;18-/m11/s1. The van der Waals surface area contributed by atoms with Crippen LogP contribution in [-0.4, -0.2) is 57.4 Å². The Morgan fingerprint density at radius 2 is 1.12 bits per heavy atom. The summed E-state index contributed by atoms with van der Waals surface area (Å²) < 4.78 is 52.1. The van der Waals surface area contributed by atoms with Crippen molar-refractivity contribution in [1.29, 1.82) is 0 Å². The fourth-order valence-electron chi connectivity index (χ4n) is 8.30. The van der Waals surface area contributed by atoms with Crippen molar-refractivity contribution < 1.29 is 40.7 Å². The number of carbonyl (C=O) groups excluding carboxylic acids is 2. The number of hydrogen-bond donors (Lipinski definition) is 1. The average molecular weight is 914 g/mol. The molecule has 0 aliphatic heterocycles. The lowest BCUT2D eigenvalue weighted by molar-refractivity contribution is -0.156. The molecule has 1 N–H and O–H groups in total. The van der Waals surface area contributed by atoms with Gasteiger partial charge in [-0.05, 0) is 106 Å². The number of benzene rings is 1. The molecule has 2 atom stereocenters. The molecule has 0 amide bonds. The summed E-state index contributed by atoms with van der Waals surface area (Å²) in [6.07, 6.45) is 19.6. The Morgan fingerprint density at radius 3 is 1.56 bits per heavy atom. The maximum absolute atomic E-state index is 12.5. The van der Waals surface area contributed by atoms with Crippen LogP contribution in [0.1, 0.15) is 219 Å². The van der Waals surface area contributed by atoms with Crippen LogP contribution in [0, 0.1) is 18.8 Å². The van der Waals surface area contributed by atoms with E-state index in [1.165, 1.54) is 82.8 Å². The van der Waals surface area contributed by atoms with Crippen molar-refractivity contribution in [2.45, 2.75) is 231 Å². The van der Waals surface area contributed by atoms with Gasteiger partial charge < -0.3 is 23.8 Å². The lowest BCUT2D eigenvalue weighted by Gasteiger charge is -2.23. The highest BCUT2D eigenvalue weighted by atomic mass is 32.2. The molecule has 3 aromatic rings. The Balaban J connectivity index is 0.000000286. The monoisotopic (exact) mass is 914 g/mol. The first-order valence-electron chi connectivity index (χ1n) is 23.8. The smallest absolute Gasteiger partial charge is 0.307 e. The van der Waals surface area contributed by atoms with Gasteiger partial charge >= 0.3 is 11.9 Å². The number of nitrogens with zero attached hydrogens (tertiary/aromatic N) is 4. The molecule has 2 saturated carbocycles. The van der Waals surface area contributed by atoms with E-state index in [4.69, 9.17) is 22.7 Å².